The zero-order chi connectivity index (χ0) is 19.0. The van der Waals surface area contributed by atoms with E-state index in [9.17, 15) is 9.59 Å². The van der Waals surface area contributed by atoms with Crippen LogP contribution in [0.5, 0.6) is 0 Å². The van der Waals surface area contributed by atoms with Crippen LogP contribution in [0.15, 0.2) is 30.3 Å². The molecule has 0 spiro atoms. The van der Waals surface area contributed by atoms with Crippen LogP contribution < -0.4 is 5.32 Å². The third-order valence-corrected chi connectivity index (χ3v) is 3.74. The molecule has 0 saturated carbocycles. The Kier molecular flexibility index (Phi) is 7.26. The summed E-state index contributed by atoms with van der Waals surface area (Å²) in [4.78, 5) is 25.5. The fraction of sp³-hybridized carbons (Fsp3) is 0.579. The zero-order valence-electron chi connectivity index (χ0n) is 15.7. The minimum absolute atomic E-state index is 0.134. The molecule has 1 aliphatic heterocycles. The number of alkyl carbamates (subject to hydrolysis) is 1. The molecule has 0 radical (unpaired) electrons. The summed E-state index contributed by atoms with van der Waals surface area (Å²) >= 11 is 0. The summed E-state index contributed by atoms with van der Waals surface area (Å²) in [7, 11) is 0. The highest BCUT2D eigenvalue weighted by molar-refractivity contribution is 5.68. The number of morpholine rings is 1. The van der Waals surface area contributed by atoms with Gasteiger partial charge in [-0.25, -0.2) is 9.59 Å². The standard InChI is InChI=1S/C19H28N2O5/c1-19(2,3)26-18(23)21-11-12-24-16(13-21)9-10-20-17(22)25-14-15-7-5-4-6-8-15/h4-8,16H,9-14H2,1-3H3,(H,20,22)/t16-/m1/s1. The first kappa shape index (κ1) is 20.0. The molecule has 1 aromatic carbocycles. The normalized spacial score (nSPS) is 17.5. The molecule has 1 heterocycles. The van der Waals surface area contributed by atoms with E-state index in [4.69, 9.17) is 14.2 Å². The molecule has 1 aromatic rings. The summed E-state index contributed by atoms with van der Waals surface area (Å²) in [5.41, 5.74) is 0.417. The Bertz CT molecular complexity index is 585. The zero-order valence-corrected chi connectivity index (χ0v) is 15.7. The van der Waals surface area contributed by atoms with Gasteiger partial charge in [0.1, 0.15) is 12.2 Å². The van der Waals surface area contributed by atoms with Gasteiger partial charge < -0.3 is 24.4 Å². The summed E-state index contributed by atoms with van der Waals surface area (Å²) < 4.78 is 16.2. The van der Waals surface area contributed by atoms with Gasteiger partial charge in [0, 0.05) is 13.1 Å². The lowest BCUT2D eigenvalue weighted by Gasteiger charge is -2.34. The van der Waals surface area contributed by atoms with Crippen molar-refractivity contribution in [2.75, 3.05) is 26.2 Å². The Morgan fingerprint density at radius 1 is 1.27 bits per heavy atom. The molecule has 0 unspecified atom stereocenters. The van der Waals surface area contributed by atoms with Crippen molar-refractivity contribution in [3.05, 3.63) is 35.9 Å². The number of carbonyl (C=O) groups is 2. The first-order chi connectivity index (χ1) is 12.3. The topological polar surface area (TPSA) is 77.1 Å². The molecule has 1 saturated heterocycles. The fourth-order valence-electron chi connectivity index (χ4n) is 2.50. The first-order valence-corrected chi connectivity index (χ1v) is 8.87. The fourth-order valence-corrected chi connectivity index (χ4v) is 2.50. The molecular weight excluding hydrogens is 336 g/mol. The largest absolute Gasteiger partial charge is 0.445 e. The Hall–Kier alpha value is -2.28. The van der Waals surface area contributed by atoms with Crippen molar-refractivity contribution in [2.45, 2.75) is 45.5 Å². The number of nitrogens with zero attached hydrogens (tertiary/aromatic N) is 1. The molecular formula is C19H28N2O5. The Labute approximate surface area is 154 Å². The maximum atomic E-state index is 12.1. The number of hydrogen-bond acceptors (Lipinski definition) is 5. The van der Waals surface area contributed by atoms with E-state index < -0.39 is 11.7 Å². The SMILES string of the molecule is CC(C)(C)OC(=O)N1CCO[C@H](CCNC(=O)OCc2ccccc2)C1. The van der Waals surface area contributed by atoms with E-state index in [1.165, 1.54) is 0 Å². The van der Waals surface area contributed by atoms with Crippen LogP contribution >= 0.6 is 0 Å². The van der Waals surface area contributed by atoms with Crippen LogP contribution in [0.3, 0.4) is 0 Å². The molecule has 1 aliphatic rings. The second-order valence-corrected chi connectivity index (χ2v) is 7.20. The van der Waals surface area contributed by atoms with Crippen LogP contribution in [0.25, 0.3) is 0 Å². The maximum absolute atomic E-state index is 12.1. The van der Waals surface area contributed by atoms with Gasteiger partial charge in [-0.05, 0) is 32.8 Å². The van der Waals surface area contributed by atoms with Crippen LogP contribution in [-0.2, 0) is 20.8 Å². The van der Waals surface area contributed by atoms with E-state index in [0.717, 1.165) is 5.56 Å². The maximum Gasteiger partial charge on any atom is 0.410 e. The summed E-state index contributed by atoms with van der Waals surface area (Å²) in [5.74, 6) is 0. The first-order valence-electron chi connectivity index (χ1n) is 8.87. The van der Waals surface area contributed by atoms with E-state index in [0.29, 0.717) is 32.7 Å². The minimum Gasteiger partial charge on any atom is -0.445 e. The van der Waals surface area contributed by atoms with Crippen LogP contribution in [0.1, 0.15) is 32.8 Å². The molecule has 1 atom stereocenters. The average molecular weight is 364 g/mol. The summed E-state index contributed by atoms with van der Waals surface area (Å²) in [5, 5.41) is 2.71. The smallest absolute Gasteiger partial charge is 0.410 e. The molecule has 1 fully saturated rings. The number of benzene rings is 1. The number of nitrogens with one attached hydrogen (secondary N) is 1. The van der Waals surface area contributed by atoms with Gasteiger partial charge in [-0.1, -0.05) is 30.3 Å². The van der Waals surface area contributed by atoms with Crippen molar-refractivity contribution in [3.63, 3.8) is 0 Å². The van der Waals surface area contributed by atoms with Gasteiger partial charge in [-0.2, -0.15) is 0 Å². The molecule has 7 nitrogen and oxygen atoms in total. The Morgan fingerprint density at radius 3 is 2.69 bits per heavy atom. The molecule has 0 bridgehead atoms. The van der Waals surface area contributed by atoms with E-state index in [1.54, 1.807) is 4.90 Å². The van der Waals surface area contributed by atoms with Gasteiger partial charge in [0.25, 0.3) is 0 Å². The highest BCUT2D eigenvalue weighted by Gasteiger charge is 2.27. The van der Waals surface area contributed by atoms with Crippen molar-refractivity contribution in [2.24, 2.45) is 0 Å². The molecule has 0 aliphatic carbocycles. The number of carbonyl (C=O) groups excluding carboxylic acids is 2. The van der Waals surface area contributed by atoms with Gasteiger partial charge in [0.2, 0.25) is 0 Å². The average Bonchev–Trinajstić information content (AvgIpc) is 2.60. The van der Waals surface area contributed by atoms with Crippen molar-refractivity contribution in [1.29, 1.82) is 0 Å². The van der Waals surface area contributed by atoms with Gasteiger partial charge in [-0.3, -0.25) is 0 Å². The lowest BCUT2D eigenvalue weighted by Crippen LogP contribution is -2.48. The van der Waals surface area contributed by atoms with Crippen molar-refractivity contribution >= 4 is 12.2 Å². The molecule has 0 aromatic heterocycles. The predicted molar refractivity (Wildman–Crippen MR) is 96.8 cm³/mol. The number of rotatable bonds is 5. The number of amides is 2. The highest BCUT2D eigenvalue weighted by atomic mass is 16.6. The third-order valence-electron chi connectivity index (χ3n) is 3.74. The highest BCUT2D eigenvalue weighted by Crippen LogP contribution is 2.14. The summed E-state index contributed by atoms with van der Waals surface area (Å²) in [6, 6.07) is 9.50. The minimum atomic E-state index is -0.519. The van der Waals surface area contributed by atoms with E-state index in [1.807, 2.05) is 51.1 Å². The quantitative estimate of drug-likeness (QED) is 0.869. The van der Waals surface area contributed by atoms with E-state index in [-0.39, 0.29) is 18.8 Å². The van der Waals surface area contributed by atoms with Crippen LogP contribution in [0, 0.1) is 0 Å². The second-order valence-electron chi connectivity index (χ2n) is 7.20. The lowest BCUT2D eigenvalue weighted by molar-refractivity contribution is -0.0441. The van der Waals surface area contributed by atoms with Crippen molar-refractivity contribution in [3.8, 4) is 0 Å². The molecule has 2 rings (SSSR count). The predicted octanol–water partition coefficient (Wildman–Crippen LogP) is 2.94. The van der Waals surface area contributed by atoms with Crippen LogP contribution in [0.4, 0.5) is 9.59 Å². The van der Waals surface area contributed by atoms with Gasteiger partial charge in [-0.15, -0.1) is 0 Å². The molecule has 7 heteroatoms. The van der Waals surface area contributed by atoms with Crippen LogP contribution in [0.2, 0.25) is 0 Å². The third kappa shape index (κ3) is 7.31. The van der Waals surface area contributed by atoms with Crippen molar-refractivity contribution < 1.29 is 23.8 Å². The number of ether oxygens (including phenoxy) is 3. The Morgan fingerprint density at radius 2 is 2.00 bits per heavy atom. The van der Waals surface area contributed by atoms with Crippen molar-refractivity contribution in [1.82, 2.24) is 10.2 Å². The summed E-state index contributed by atoms with van der Waals surface area (Å²) in [6.45, 7) is 7.60. The monoisotopic (exact) mass is 364 g/mol. The second kappa shape index (κ2) is 9.43. The van der Waals surface area contributed by atoms with Crippen LogP contribution in [-0.4, -0.2) is 55.0 Å². The van der Waals surface area contributed by atoms with Gasteiger partial charge in [0.05, 0.1) is 19.3 Å². The van der Waals surface area contributed by atoms with E-state index >= 15 is 0 Å². The molecule has 26 heavy (non-hydrogen) atoms. The molecule has 2 amide bonds. The summed E-state index contributed by atoms with van der Waals surface area (Å²) in [6.07, 6.45) is -0.333. The van der Waals surface area contributed by atoms with Gasteiger partial charge >= 0.3 is 12.2 Å². The number of hydrogen-bond donors (Lipinski definition) is 1. The molecule has 1 N–H and O–H groups in total. The lowest BCUT2D eigenvalue weighted by atomic mass is 10.2. The van der Waals surface area contributed by atoms with Gasteiger partial charge in [0.15, 0.2) is 0 Å². The van der Waals surface area contributed by atoms with E-state index in [2.05, 4.69) is 5.32 Å². The molecule has 144 valence electrons. The Balaban J connectivity index is 1.65.